The van der Waals surface area contributed by atoms with Crippen molar-refractivity contribution < 1.29 is 13.9 Å². The fourth-order valence-electron chi connectivity index (χ4n) is 2.72. The van der Waals surface area contributed by atoms with E-state index in [9.17, 15) is 9.18 Å². The van der Waals surface area contributed by atoms with Gasteiger partial charge in [0, 0.05) is 13.1 Å². The molecule has 6 heteroatoms. The Labute approximate surface area is 115 Å². The lowest BCUT2D eigenvalue weighted by Gasteiger charge is -2.13. The van der Waals surface area contributed by atoms with Gasteiger partial charge in [-0.25, -0.2) is 9.37 Å². The topological polar surface area (TPSA) is 58.2 Å². The second-order valence-electron chi connectivity index (χ2n) is 5.23. The largest absolute Gasteiger partial charge is 0.469 e. The summed E-state index contributed by atoms with van der Waals surface area (Å²) in [7, 11) is 1.40. The van der Waals surface area contributed by atoms with Crippen molar-refractivity contribution in [2.24, 2.45) is 11.8 Å². The summed E-state index contributed by atoms with van der Waals surface area (Å²) in [5.74, 6) is 0.235. The Morgan fingerprint density at radius 2 is 2.30 bits per heavy atom. The average molecular weight is 277 g/mol. The number of anilines is 1. The minimum atomic E-state index is -0.296. The van der Waals surface area contributed by atoms with Crippen LogP contribution in [0.4, 0.5) is 10.3 Å². The standard InChI is InChI=1S/C14H16FN3O2/c1-8-6-18(7-10(8)13(19)20-2)14-16-11-4-3-9(15)5-12(11)17-14/h3-5,8,10H,6-7H2,1-2H3,(H,16,17). The number of esters is 1. The molecular weight excluding hydrogens is 261 g/mol. The number of carbonyl (C=O) groups excluding carboxylic acids is 1. The third-order valence-corrected chi connectivity index (χ3v) is 3.85. The number of carbonyl (C=O) groups is 1. The fraction of sp³-hybridized carbons (Fsp3) is 0.429. The highest BCUT2D eigenvalue weighted by Gasteiger charge is 2.36. The van der Waals surface area contributed by atoms with Crippen LogP contribution in [0, 0.1) is 17.7 Å². The molecule has 0 radical (unpaired) electrons. The molecule has 1 N–H and O–H groups in total. The summed E-state index contributed by atoms with van der Waals surface area (Å²) >= 11 is 0. The van der Waals surface area contributed by atoms with Crippen molar-refractivity contribution in [1.82, 2.24) is 9.97 Å². The summed E-state index contributed by atoms with van der Waals surface area (Å²) in [6.07, 6.45) is 0. The number of rotatable bonds is 2. The van der Waals surface area contributed by atoms with Crippen LogP contribution >= 0.6 is 0 Å². The number of nitrogens with one attached hydrogen (secondary N) is 1. The summed E-state index contributed by atoms with van der Waals surface area (Å²) < 4.78 is 18.0. The number of aromatic nitrogens is 2. The number of benzene rings is 1. The average Bonchev–Trinajstić information content (AvgIpc) is 3.00. The zero-order chi connectivity index (χ0) is 14.3. The van der Waals surface area contributed by atoms with E-state index >= 15 is 0 Å². The van der Waals surface area contributed by atoms with E-state index in [2.05, 4.69) is 9.97 Å². The van der Waals surface area contributed by atoms with Crippen molar-refractivity contribution in [2.45, 2.75) is 6.92 Å². The normalized spacial score (nSPS) is 22.4. The lowest BCUT2D eigenvalue weighted by molar-refractivity contribution is -0.145. The van der Waals surface area contributed by atoms with Crippen LogP contribution in [0.25, 0.3) is 11.0 Å². The Morgan fingerprint density at radius 1 is 1.50 bits per heavy atom. The van der Waals surface area contributed by atoms with Gasteiger partial charge in [-0.3, -0.25) is 4.79 Å². The molecule has 5 nitrogen and oxygen atoms in total. The number of fused-ring (bicyclic) bond motifs is 1. The molecule has 0 saturated carbocycles. The van der Waals surface area contributed by atoms with Gasteiger partial charge in [-0.05, 0) is 24.1 Å². The van der Waals surface area contributed by atoms with Gasteiger partial charge in [0.05, 0.1) is 24.1 Å². The number of aromatic amines is 1. The number of methoxy groups -OCH3 is 1. The van der Waals surface area contributed by atoms with Crippen LogP contribution in [-0.4, -0.2) is 36.1 Å². The molecule has 0 bridgehead atoms. The van der Waals surface area contributed by atoms with E-state index in [-0.39, 0.29) is 23.6 Å². The van der Waals surface area contributed by atoms with Crippen LogP contribution in [0.2, 0.25) is 0 Å². The first-order valence-corrected chi connectivity index (χ1v) is 6.56. The zero-order valence-corrected chi connectivity index (χ0v) is 11.4. The molecule has 3 rings (SSSR count). The molecule has 1 saturated heterocycles. The highest BCUT2D eigenvalue weighted by atomic mass is 19.1. The zero-order valence-electron chi connectivity index (χ0n) is 11.4. The minimum absolute atomic E-state index is 0.148. The van der Waals surface area contributed by atoms with Gasteiger partial charge in [-0.15, -0.1) is 0 Å². The van der Waals surface area contributed by atoms with Gasteiger partial charge in [-0.2, -0.15) is 0 Å². The summed E-state index contributed by atoms with van der Waals surface area (Å²) in [5.41, 5.74) is 1.38. The van der Waals surface area contributed by atoms with Crippen LogP contribution in [-0.2, 0) is 9.53 Å². The number of imidazole rings is 1. The lowest BCUT2D eigenvalue weighted by atomic mass is 9.99. The van der Waals surface area contributed by atoms with Gasteiger partial charge in [-0.1, -0.05) is 6.92 Å². The number of H-pyrrole nitrogens is 1. The van der Waals surface area contributed by atoms with Crippen molar-refractivity contribution in [2.75, 3.05) is 25.1 Å². The Morgan fingerprint density at radius 3 is 3.05 bits per heavy atom. The SMILES string of the molecule is COC(=O)C1CN(c2nc3ccc(F)cc3[nH]2)CC1C. The highest BCUT2D eigenvalue weighted by Crippen LogP contribution is 2.28. The third kappa shape index (κ3) is 2.11. The van der Waals surface area contributed by atoms with Crippen LogP contribution in [0.1, 0.15) is 6.92 Å². The molecule has 0 spiro atoms. The first kappa shape index (κ1) is 12.9. The molecule has 106 valence electrons. The Bertz CT molecular complexity index is 655. The summed E-state index contributed by atoms with van der Waals surface area (Å²) in [5, 5.41) is 0. The van der Waals surface area contributed by atoms with Crippen molar-refractivity contribution in [3.63, 3.8) is 0 Å². The molecule has 20 heavy (non-hydrogen) atoms. The highest BCUT2D eigenvalue weighted by molar-refractivity contribution is 5.78. The predicted molar refractivity (Wildman–Crippen MR) is 72.9 cm³/mol. The van der Waals surface area contributed by atoms with Gasteiger partial charge >= 0.3 is 5.97 Å². The number of nitrogens with zero attached hydrogens (tertiary/aromatic N) is 2. The van der Waals surface area contributed by atoms with Crippen LogP contribution in [0.5, 0.6) is 0 Å². The van der Waals surface area contributed by atoms with Crippen molar-refractivity contribution >= 4 is 23.0 Å². The molecule has 2 unspecified atom stereocenters. The summed E-state index contributed by atoms with van der Waals surface area (Å²) in [6.45, 7) is 3.31. The first-order chi connectivity index (χ1) is 9.58. The molecule has 0 aliphatic carbocycles. The van der Waals surface area contributed by atoms with Crippen LogP contribution in [0.15, 0.2) is 18.2 Å². The van der Waals surface area contributed by atoms with E-state index in [4.69, 9.17) is 4.74 Å². The van der Waals surface area contributed by atoms with Crippen molar-refractivity contribution in [1.29, 1.82) is 0 Å². The molecular formula is C14H16FN3O2. The summed E-state index contributed by atoms with van der Waals surface area (Å²) in [6, 6.07) is 4.45. The molecule has 0 amide bonds. The molecule has 2 atom stereocenters. The van der Waals surface area contributed by atoms with E-state index in [0.717, 1.165) is 12.1 Å². The van der Waals surface area contributed by atoms with Gasteiger partial charge in [0.25, 0.3) is 0 Å². The van der Waals surface area contributed by atoms with Crippen LogP contribution < -0.4 is 4.90 Å². The molecule has 1 aliphatic rings. The van der Waals surface area contributed by atoms with Crippen molar-refractivity contribution in [3.05, 3.63) is 24.0 Å². The molecule has 1 fully saturated rings. The van der Waals surface area contributed by atoms with E-state index in [1.54, 1.807) is 6.07 Å². The molecule has 2 heterocycles. The monoisotopic (exact) mass is 277 g/mol. The molecule has 1 aliphatic heterocycles. The van der Waals surface area contributed by atoms with E-state index in [1.165, 1.54) is 19.2 Å². The lowest BCUT2D eigenvalue weighted by Crippen LogP contribution is -2.24. The van der Waals surface area contributed by atoms with Crippen LogP contribution in [0.3, 0.4) is 0 Å². The molecule has 1 aromatic heterocycles. The number of halogens is 1. The fourth-order valence-corrected chi connectivity index (χ4v) is 2.72. The Hall–Kier alpha value is -2.11. The quantitative estimate of drug-likeness (QED) is 0.852. The molecule has 2 aromatic rings. The minimum Gasteiger partial charge on any atom is -0.469 e. The maximum atomic E-state index is 13.2. The Balaban J connectivity index is 1.87. The number of hydrogen-bond acceptors (Lipinski definition) is 4. The van der Waals surface area contributed by atoms with Crippen molar-refractivity contribution in [3.8, 4) is 0 Å². The number of ether oxygens (including phenoxy) is 1. The molecule has 1 aromatic carbocycles. The van der Waals surface area contributed by atoms with Gasteiger partial charge in [0.15, 0.2) is 0 Å². The second kappa shape index (κ2) is 4.77. The first-order valence-electron chi connectivity index (χ1n) is 6.56. The second-order valence-corrected chi connectivity index (χ2v) is 5.23. The van der Waals surface area contributed by atoms with E-state index in [1.807, 2.05) is 11.8 Å². The smallest absolute Gasteiger partial charge is 0.310 e. The Kier molecular flexibility index (Phi) is 3.08. The van der Waals surface area contributed by atoms with E-state index in [0.29, 0.717) is 18.0 Å². The van der Waals surface area contributed by atoms with Gasteiger partial charge < -0.3 is 14.6 Å². The van der Waals surface area contributed by atoms with Gasteiger partial charge in [0.2, 0.25) is 5.95 Å². The van der Waals surface area contributed by atoms with E-state index < -0.39 is 0 Å². The van der Waals surface area contributed by atoms with Gasteiger partial charge in [0.1, 0.15) is 5.82 Å². The number of hydrogen-bond donors (Lipinski definition) is 1. The maximum Gasteiger partial charge on any atom is 0.310 e. The predicted octanol–water partition coefficient (Wildman–Crippen LogP) is 1.95. The summed E-state index contributed by atoms with van der Waals surface area (Å²) in [4.78, 5) is 21.2. The maximum absolute atomic E-state index is 13.2. The third-order valence-electron chi connectivity index (χ3n) is 3.85.